The number of epoxide rings is 1. The summed E-state index contributed by atoms with van der Waals surface area (Å²) in [4.78, 5) is 14.0. The number of nitrogens with one attached hydrogen (secondary N) is 1. The Morgan fingerprint density at radius 1 is 1.32 bits per heavy atom. The van der Waals surface area contributed by atoms with E-state index >= 15 is 0 Å². The minimum absolute atomic E-state index is 0.0413. The van der Waals surface area contributed by atoms with E-state index in [0.29, 0.717) is 24.3 Å². The van der Waals surface area contributed by atoms with Crippen LogP contribution in [-0.2, 0) is 14.3 Å². The van der Waals surface area contributed by atoms with Gasteiger partial charge in [0.2, 0.25) is 0 Å². The Hall–Kier alpha value is -1.43. The fraction of sp³-hybridized carbons (Fsp3) is 0.588. The Balaban J connectivity index is 1.42. The van der Waals surface area contributed by atoms with Crippen molar-refractivity contribution in [3.63, 3.8) is 0 Å². The van der Waals surface area contributed by atoms with Gasteiger partial charge in [-0.2, -0.15) is 0 Å². The van der Waals surface area contributed by atoms with Crippen LogP contribution < -0.4 is 4.90 Å². The highest BCUT2D eigenvalue weighted by molar-refractivity contribution is 5.78. The number of fused-ring (bicyclic) bond motifs is 5. The van der Waals surface area contributed by atoms with Crippen LogP contribution in [0.15, 0.2) is 30.3 Å². The molecule has 2 unspecified atom stereocenters. The minimum Gasteiger partial charge on any atom is -0.461 e. The van der Waals surface area contributed by atoms with Crippen molar-refractivity contribution in [3.8, 4) is 0 Å². The summed E-state index contributed by atoms with van der Waals surface area (Å²) in [6.45, 7) is -0.220. The number of carbonyl (C=O) groups excluding carboxylic acids is 1. The van der Waals surface area contributed by atoms with Gasteiger partial charge in [0.15, 0.2) is 0 Å². The van der Waals surface area contributed by atoms with Crippen LogP contribution >= 0.6 is 0 Å². The lowest BCUT2D eigenvalue weighted by molar-refractivity contribution is -0.930. The van der Waals surface area contributed by atoms with E-state index in [1.165, 1.54) is 4.90 Å². The quantitative estimate of drug-likeness (QED) is 0.581. The summed E-state index contributed by atoms with van der Waals surface area (Å²) in [6.07, 6.45) is 2.43. The van der Waals surface area contributed by atoms with Gasteiger partial charge in [-0.05, 0) is 5.56 Å². The number of piperidine rings is 1. The van der Waals surface area contributed by atoms with Gasteiger partial charge in [-0.25, -0.2) is 0 Å². The van der Waals surface area contributed by atoms with Crippen LogP contribution in [0.5, 0.6) is 0 Å². The molecule has 7 atom stereocenters. The molecule has 2 bridgehead atoms. The van der Waals surface area contributed by atoms with Crippen molar-refractivity contribution in [2.45, 2.75) is 49.2 Å². The maximum absolute atomic E-state index is 12.4. The Labute approximate surface area is 129 Å². The third-order valence-electron chi connectivity index (χ3n) is 5.51. The fourth-order valence-electron chi connectivity index (χ4n) is 4.22. The summed E-state index contributed by atoms with van der Waals surface area (Å²) in [5.74, 6) is -0.899. The van der Waals surface area contributed by atoms with Gasteiger partial charge in [-0.15, -0.1) is 0 Å². The van der Waals surface area contributed by atoms with Crippen molar-refractivity contribution in [2.75, 3.05) is 13.7 Å². The smallest absolute Gasteiger partial charge is 0.316 e. The second kappa shape index (κ2) is 5.33. The maximum Gasteiger partial charge on any atom is 0.316 e. The third kappa shape index (κ3) is 2.24. The van der Waals surface area contributed by atoms with Crippen LogP contribution in [-0.4, -0.2) is 55.1 Å². The van der Waals surface area contributed by atoms with Gasteiger partial charge in [0.05, 0.1) is 13.7 Å². The van der Waals surface area contributed by atoms with Crippen molar-refractivity contribution >= 4 is 5.97 Å². The molecule has 1 aromatic carbocycles. The molecule has 3 heterocycles. The fourth-order valence-corrected chi connectivity index (χ4v) is 4.22. The summed E-state index contributed by atoms with van der Waals surface area (Å²) in [5.41, 5.74) is 0.808. The molecule has 0 aliphatic carbocycles. The number of aliphatic hydroxyl groups is 1. The Morgan fingerprint density at radius 2 is 1.95 bits per heavy atom. The molecule has 3 aliphatic rings. The van der Waals surface area contributed by atoms with E-state index in [1.54, 1.807) is 0 Å². The number of rotatable bonds is 4. The highest BCUT2D eigenvalue weighted by Gasteiger charge is 2.66. The van der Waals surface area contributed by atoms with Crippen LogP contribution in [0.25, 0.3) is 0 Å². The number of aliphatic hydroxyl groups excluding tert-OH is 1. The predicted octanol–water partition coefficient (Wildman–Crippen LogP) is -0.499. The van der Waals surface area contributed by atoms with Crippen molar-refractivity contribution < 1.29 is 24.3 Å². The molecular weight excluding hydrogens is 282 g/mol. The molecule has 5 heteroatoms. The summed E-state index contributed by atoms with van der Waals surface area (Å²) < 4.78 is 11.4. The van der Waals surface area contributed by atoms with Gasteiger partial charge in [0, 0.05) is 12.8 Å². The second-order valence-electron chi connectivity index (χ2n) is 6.70. The Kier molecular flexibility index (Phi) is 3.44. The van der Waals surface area contributed by atoms with Crippen LogP contribution in [0.4, 0.5) is 0 Å². The molecule has 118 valence electrons. The van der Waals surface area contributed by atoms with Gasteiger partial charge >= 0.3 is 5.97 Å². The van der Waals surface area contributed by atoms with Gasteiger partial charge in [0.1, 0.15) is 36.3 Å². The van der Waals surface area contributed by atoms with E-state index in [9.17, 15) is 9.90 Å². The topological polar surface area (TPSA) is 63.5 Å². The molecule has 22 heavy (non-hydrogen) atoms. The molecule has 2 N–H and O–H groups in total. The largest absolute Gasteiger partial charge is 0.461 e. The Morgan fingerprint density at radius 3 is 2.55 bits per heavy atom. The number of likely N-dealkylation sites (N-methyl/N-ethyl adjacent to an activating group) is 1. The van der Waals surface area contributed by atoms with E-state index in [1.807, 2.05) is 30.3 Å². The number of esters is 1. The Bertz CT molecular complexity index is 545. The summed E-state index contributed by atoms with van der Waals surface area (Å²) in [7, 11) is 2.21. The first kappa shape index (κ1) is 14.2. The molecular formula is C17H22NO4+. The van der Waals surface area contributed by atoms with Crippen LogP contribution in [0.2, 0.25) is 0 Å². The third-order valence-corrected chi connectivity index (χ3v) is 5.51. The number of hydrogen-bond acceptors (Lipinski definition) is 4. The SMILES string of the molecule is C[NH+]1[C@@H]2CC(OC(=O)[C@H](CO)c3ccccc3)C[C@H]1[C@@H]1O[C@@H]12. The highest BCUT2D eigenvalue weighted by atomic mass is 16.6. The van der Waals surface area contributed by atoms with Gasteiger partial charge in [-0.1, -0.05) is 30.3 Å². The first-order chi connectivity index (χ1) is 10.7. The lowest BCUT2D eigenvalue weighted by atomic mass is 9.97. The number of quaternary nitrogens is 1. The van der Waals surface area contributed by atoms with E-state index in [-0.39, 0.29) is 18.7 Å². The number of morpholine rings is 1. The number of carbonyl (C=O) groups is 1. The number of ether oxygens (including phenoxy) is 2. The summed E-state index contributed by atoms with van der Waals surface area (Å²) in [6, 6.07) is 10.2. The molecule has 0 radical (unpaired) electrons. The molecule has 3 aliphatic heterocycles. The van der Waals surface area contributed by atoms with Crippen molar-refractivity contribution in [3.05, 3.63) is 35.9 Å². The number of hydrogen-bond donors (Lipinski definition) is 2. The molecule has 1 aromatic rings. The van der Waals surface area contributed by atoms with Crippen molar-refractivity contribution in [2.24, 2.45) is 0 Å². The van der Waals surface area contributed by atoms with E-state index in [4.69, 9.17) is 9.47 Å². The van der Waals surface area contributed by atoms with Crippen LogP contribution in [0, 0.1) is 0 Å². The standard InChI is InChI=1S/C17H21NO4/c1-18-13-7-11(8-14(18)16-15(13)22-16)21-17(20)12(9-19)10-5-3-2-4-6-10/h2-6,11-16,19H,7-9H2,1H3/p+1/t11?,12-,13-,14+,15-,16+/m1/s1. The van der Waals surface area contributed by atoms with Gasteiger partial charge in [0.25, 0.3) is 0 Å². The van der Waals surface area contributed by atoms with Gasteiger partial charge < -0.3 is 19.5 Å². The normalized spacial score (nSPS) is 39.9. The molecule has 4 rings (SSSR count). The van der Waals surface area contributed by atoms with E-state index in [2.05, 4.69) is 7.05 Å². The van der Waals surface area contributed by atoms with E-state index < -0.39 is 5.92 Å². The van der Waals surface area contributed by atoms with Crippen LogP contribution in [0.1, 0.15) is 24.3 Å². The second-order valence-corrected chi connectivity index (χ2v) is 6.70. The molecule has 0 amide bonds. The summed E-state index contributed by atoms with van der Waals surface area (Å²) in [5, 5.41) is 9.56. The predicted molar refractivity (Wildman–Crippen MR) is 78.5 cm³/mol. The average Bonchev–Trinajstić information content (AvgIpc) is 3.27. The number of benzene rings is 1. The lowest BCUT2D eigenvalue weighted by Crippen LogP contribution is -3.17. The van der Waals surface area contributed by atoms with Crippen molar-refractivity contribution in [1.82, 2.24) is 0 Å². The molecule has 5 nitrogen and oxygen atoms in total. The van der Waals surface area contributed by atoms with Crippen molar-refractivity contribution in [1.29, 1.82) is 0 Å². The van der Waals surface area contributed by atoms with Crippen LogP contribution in [0.3, 0.4) is 0 Å². The zero-order valence-electron chi connectivity index (χ0n) is 12.6. The minimum atomic E-state index is -0.586. The lowest BCUT2D eigenvalue weighted by Gasteiger charge is -2.35. The summed E-state index contributed by atoms with van der Waals surface area (Å²) >= 11 is 0. The molecule has 0 aromatic heterocycles. The molecule has 0 saturated carbocycles. The average molecular weight is 304 g/mol. The first-order valence-corrected chi connectivity index (χ1v) is 8.04. The maximum atomic E-state index is 12.4. The van der Waals surface area contributed by atoms with E-state index in [0.717, 1.165) is 18.4 Å². The van der Waals surface area contributed by atoms with Gasteiger partial charge in [-0.3, -0.25) is 4.79 Å². The highest BCUT2D eigenvalue weighted by Crippen LogP contribution is 2.39. The first-order valence-electron chi connectivity index (χ1n) is 8.04. The molecule has 3 saturated heterocycles. The molecule has 3 fully saturated rings. The molecule has 0 spiro atoms. The monoisotopic (exact) mass is 304 g/mol. The zero-order chi connectivity index (χ0) is 15.3. The zero-order valence-corrected chi connectivity index (χ0v) is 12.6.